The largest absolute Gasteiger partial charge is 0.497 e. The van der Waals surface area contributed by atoms with Crippen LogP contribution in [0.2, 0.25) is 0 Å². The van der Waals surface area contributed by atoms with Crippen LogP contribution in [0.25, 0.3) is 0 Å². The summed E-state index contributed by atoms with van der Waals surface area (Å²) >= 11 is 0. The second kappa shape index (κ2) is 9.57. The number of rotatable bonds is 8. The standard InChI is InChI=1S/C22H20F2N2O4S/c1-30-20-9-11-21(12-10-20)31(28,29)26(19-7-5-17(23)6-8-19)15-22(27)25-14-16-3-2-4-18(24)13-16/h2-13H,14-15H2,1H3,(H,25,27). The molecule has 6 nitrogen and oxygen atoms in total. The van der Waals surface area contributed by atoms with Crippen LogP contribution in [-0.4, -0.2) is 28.0 Å². The van der Waals surface area contributed by atoms with Crippen molar-refractivity contribution in [3.8, 4) is 5.75 Å². The van der Waals surface area contributed by atoms with Gasteiger partial charge >= 0.3 is 0 Å². The highest BCUT2D eigenvalue weighted by atomic mass is 32.2. The highest BCUT2D eigenvalue weighted by Gasteiger charge is 2.27. The summed E-state index contributed by atoms with van der Waals surface area (Å²) in [4.78, 5) is 12.5. The van der Waals surface area contributed by atoms with Crippen molar-refractivity contribution in [3.05, 3.63) is 90.0 Å². The predicted octanol–water partition coefficient (Wildman–Crippen LogP) is 3.49. The van der Waals surface area contributed by atoms with E-state index in [-0.39, 0.29) is 17.1 Å². The summed E-state index contributed by atoms with van der Waals surface area (Å²) in [5.41, 5.74) is 0.651. The molecular weight excluding hydrogens is 426 g/mol. The van der Waals surface area contributed by atoms with Crippen molar-refractivity contribution in [1.29, 1.82) is 0 Å². The van der Waals surface area contributed by atoms with E-state index in [1.807, 2.05) is 0 Å². The van der Waals surface area contributed by atoms with Crippen LogP contribution in [0.1, 0.15) is 5.56 Å². The first-order valence-corrected chi connectivity index (χ1v) is 10.7. The van der Waals surface area contributed by atoms with E-state index in [0.29, 0.717) is 11.3 Å². The van der Waals surface area contributed by atoms with Crippen LogP contribution in [-0.2, 0) is 21.4 Å². The molecule has 0 spiro atoms. The van der Waals surface area contributed by atoms with E-state index in [1.54, 1.807) is 6.07 Å². The van der Waals surface area contributed by atoms with Crippen LogP contribution >= 0.6 is 0 Å². The van der Waals surface area contributed by atoms with Crippen molar-refractivity contribution < 1.29 is 26.7 Å². The Bertz CT molecular complexity index is 1150. The third-order valence-corrected chi connectivity index (χ3v) is 6.22. The van der Waals surface area contributed by atoms with Crippen LogP contribution < -0.4 is 14.4 Å². The Morgan fingerprint density at radius 2 is 1.65 bits per heavy atom. The molecule has 0 aliphatic rings. The first kappa shape index (κ1) is 22.2. The molecule has 0 saturated carbocycles. The van der Waals surface area contributed by atoms with E-state index in [1.165, 1.54) is 61.7 Å². The summed E-state index contributed by atoms with van der Waals surface area (Å²) in [7, 11) is -2.69. The zero-order valence-electron chi connectivity index (χ0n) is 16.6. The van der Waals surface area contributed by atoms with E-state index in [2.05, 4.69) is 5.32 Å². The normalized spacial score (nSPS) is 11.1. The molecule has 31 heavy (non-hydrogen) atoms. The quantitative estimate of drug-likeness (QED) is 0.575. The molecule has 0 saturated heterocycles. The van der Waals surface area contributed by atoms with Crippen molar-refractivity contribution in [2.24, 2.45) is 0 Å². The van der Waals surface area contributed by atoms with Crippen LogP contribution in [0.3, 0.4) is 0 Å². The van der Waals surface area contributed by atoms with Crippen molar-refractivity contribution in [3.63, 3.8) is 0 Å². The Morgan fingerprint density at radius 1 is 0.968 bits per heavy atom. The lowest BCUT2D eigenvalue weighted by Gasteiger charge is -2.24. The van der Waals surface area contributed by atoms with Gasteiger partial charge in [-0.15, -0.1) is 0 Å². The SMILES string of the molecule is COc1ccc(S(=O)(=O)N(CC(=O)NCc2cccc(F)c2)c2ccc(F)cc2)cc1. The lowest BCUT2D eigenvalue weighted by molar-refractivity contribution is -0.119. The maximum absolute atomic E-state index is 13.4. The Kier molecular flexibility index (Phi) is 6.86. The number of sulfonamides is 1. The Hall–Kier alpha value is -3.46. The molecule has 0 heterocycles. The number of ether oxygens (including phenoxy) is 1. The summed E-state index contributed by atoms with van der Waals surface area (Å²) in [6.45, 7) is -0.522. The summed E-state index contributed by atoms with van der Waals surface area (Å²) in [6.07, 6.45) is 0. The fourth-order valence-corrected chi connectivity index (χ4v) is 4.25. The number of methoxy groups -OCH3 is 1. The van der Waals surface area contributed by atoms with Gasteiger partial charge in [-0.05, 0) is 66.2 Å². The lowest BCUT2D eigenvalue weighted by Crippen LogP contribution is -2.40. The van der Waals surface area contributed by atoms with Gasteiger partial charge < -0.3 is 10.1 Å². The Balaban J connectivity index is 1.85. The second-order valence-corrected chi connectivity index (χ2v) is 8.43. The van der Waals surface area contributed by atoms with Gasteiger partial charge in [-0.25, -0.2) is 17.2 Å². The fourth-order valence-electron chi connectivity index (χ4n) is 2.83. The molecule has 0 radical (unpaired) electrons. The maximum Gasteiger partial charge on any atom is 0.264 e. The van der Waals surface area contributed by atoms with Crippen molar-refractivity contribution in [2.45, 2.75) is 11.4 Å². The smallest absolute Gasteiger partial charge is 0.264 e. The van der Waals surface area contributed by atoms with Crippen molar-refractivity contribution >= 4 is 21.6 Å². The third-order valence-electron chi connectivity index (χ3n) is 4.43. The molecular formula is C22H20F2N2O4S. The second-order valence-electron chi connectivity index (χ2n) is 6.57. The monoisotopic (exact) mass is 446 g/mol. The van der Waals surface area contributed by atoms with Gasteiger partial charge in [0.05, 0.1) is 17.7 Å². The number of nitrogens with zero attached hydrogens (tertiary/aromatic N) is 1. The number of benzene rings is 3. The van der Waals surface area contributed by atoms with E-state index >= 15 is 0 Å². The third kappa shape index (κ3) is 5.58. The molecule has 0 aromatic heterocycles. The fraction of sp³-hybridized carbons (Fsp3) is 0.136. The molecule has 9 heteroatoms. The van der Waals surface area contributed by atoms with Gasteiger partial charge in [0.25, 0.3) is 10.0 Å². The van der Waals surface area contributed by atoms with Gasteiger partial charge in [0.15, 0.2) is 0 Å². The molecule has 0 aliphatic carbocycles. The highest BCUT2D eigenvalue weighted by molar-refractivity contribution is 7.92. The van der Waals surface area contributed by atoms with Crippen LogP contribution in [0.4, 0.5) is 14.5 Å². The van der Waals surface area contributed by atoms with Crippen LogP contribution in [0, 0.1) is 11.6 Å². The predicted molar refractivity (Wildman–Crippen MR) is 112 cm³/mol. The maximum atomic E-state index is 13.4. The minimum Gasteiger partial charge on any atom is -0.497 e. The van der Waals surface area contributed by atoms with Gasteiger partial charge in [0.1, 0.15) is 23.9 Å². The number of carbonyl (C=O) groups excluding carboxylic acids is 1. The van der Waals surface area contributed by atoms with E-state index in [0.717, 1.165) is 16.4 Å². The molecule has 3 aromatic carbocycles. The number of carbonyl (C=O) groups is 1. The van der Waals surface area contributed by atoms with Crippen molar-refractivity contribution in [2.75, 3.05) is 18.0 Å². The first-order valence-electron chi connectivity index (χ1n) is 9.23. The number of nitrogens with one attached hydrogen (secondary N) is 1. The summed E-state index contributed by atoms with van der Waals surface area (Å²) in [5, 5.41) is 2.57. The minimum atomic E-state index is -4.14. The van der Waals surface area contributed by atoms with Gasteiger partial charge in [0, 0.05) is 6.54 Å². The van der Waals surface area contributed by atoms with Gasteiger partial charge in [-0.2, -0.15) is 0 Å². The number of hydrogen-bond acceptors (Lipinski definition) is 4. The zero-order chi connectivity index (χ0) is 22.4. The minimum absolute atomic E-state index is 0.0242. The van der Waals surface area contributed by atoms with Crippen LogP contribution in [0.15, 0.2) is 77.7 Å². The average molecular weight is 446 g/mol. The molecule has 0 aliphatic heterocycles. The van der Waals surface area contributed by atoms with E-state index < -0.39 is 34.1 Å². The van der Waals surface area contributed by atoms with Crippen molar-refractivity contribution in [1.82, 2.24) is 5.32 Å². The number of anilines is 1. The molecule has 1 N–H and O–H groups in total. The summed E-state index contributed by atoms with van der Waals surface area (Å²) in [6, 6.07) is 16.1. The zero-order valence-corrected chi connectivity index (χ0v) is 17.4. The number of hydrogen-bond donors (Lipinski definition) is 1. The first-order chi connectivity index (χ1) is 14.8. The Labute approximate surface area is 179 Å². The van der Waals surface area contributed by atoms with Crippen LogP contribution in [0.5, 0.6) is 5.75 Å². The summed E-state index contributed by atoms with van der Waals surface area (Å²) in [5.74, 6) is -1.12. The van der Waals surface area contributed by atoms with Gasteiger partial charge in [0.2, 0.25) is 5.91 Å². The molecule has 0 bridgehead atoms. The number of halogens is 2. The van der Waals surface area contributed by atoms with E-state index in [4.69, 9.17) is 4.74 Å². The highest BCUT2D eigenvalue weighted by Crippen LogP contribution is 2.25. The van der Waals surface area contributed by atoms with Gasteiger partial charge in [-0.3, -0.25) is 9.10 Å². The molecule has 0 atom stereocenters. The molecule has 3 aromatic rings. The van der Waals surface area contributed by atoms with E-state index in [9.17, 15) is 22.0 Å². The molecule has 0 unspecified atom stereocenters. The topological polar surface area (TPSA) is 75.7 Å². The summed E-state index contributed by atoms with van der Waals surface area (Å²) < 4.78 is 59.1. The molecule has 1 amide bonds. The Morgan fingerprint density at radius 3 is 2.26 bits per heavy atom. The lowest BCUT2D eigenvalue weighted by atomic mass is 10.2. The molecule has 162 valence electrons. The average Bonchev–Trinajstić information content (AvgIpc) is 2.77. The van der Waals surface area contributed by atoms with Gasteiger partial charge in [-0.1, -0.05) is 12.1 Å². The number of amides is 1. The molecule has 0 fully saturated rings. The molecule has 3 rings (SSSR count).